The molecular weight excluding hydrogens is 170 g/mol. The Morgan fingerprint density at radius 2 is 2.46 bits per heavy atom. The van der Waals surface area contributed by atoms with Gasteiger partial charge in [0.15, 0.2) is 0 Å². The molecule has 76 valence electrons. The van der Waals surface area contributed by atoms with E-state index in [9.17, 15) is 4.79 Å². The smallest absolute Gasteiger partial charge is 0.322 e. The summed E-state index contributed by atoms with van der Waals surface area (Å²) >= 11 is 0. The van der Waals surface area contributed by atoms with E-state index in [2.05, 4.69) is 4.74 Å². The molecular formula is C9H17NO3. The molecule has 2 N–H and O–H groups in total. The van der Waals surface area contributed by atoms with Crippen LogP contribution in [0.4, 0.5) is 0 Å². The minimum atomic E-state index is -0.534. The van der Waals surface area contributed by atoms with Gasteiger partial charge in [0.2, 0.25) is 0 Å². The summed E-state index contributed by atoms with van der Waals surface area (Å²) in [7, 11) is 1.35. The van der Waals surface area contributed by atoms with E-state index in [1.54, 1.807) is 0 Å². The van der Waals surface area contributed by atoms with Gasteiger partial charge in [-0.25, -0.2) is 0 Å². The van der Waals surface area contributed by atoms with Crippen molar-refractivity contribution in [3.8, 4) is 0 Å². The van der Waals surface area contributed by atoms with Crippen LogP contribution < -0.4 is 5.73 Å². The molecule has 0 aromatic rings. The fourth-order valence-corrected chi connectivity index (χ4v) is 1.52. The van der Waals surface area contributed by atoms with Crippen molar-refractivity contribution in [2.24, 2.45) is 5.73 Å². The summed E-state index contributed by atoms with van der Waals surface area (Å²) in [5.41, 5.74) is 5.60. The Balaban J connectivity index is 2.25. The normalized spacial score (nSPS) is 25.2. The zero-order chi connectivity index (χ0) is 9.68. The van der Waals surface area contributed by atoms with Gasteiger partial charge in [-0.2, -0.15) is 0 Å². The molecule has 0 aliphatic carbocycles. The average Bonchev–Trinajstić information content (AvgIpc) is 2.18. The maximum atomic E-state index is 11.0. The molecule has 4 nitrogen and oxygen atoms in total. The van der Waals surface area contributed by atoms with Crippen LogP contribution in [0.1, 0.15) is 25.7 Å². The number of methoxy groups -OCH3 is 1. The summed E-state index contributed by atoms with van der Waals surface area (Å²) in [6.07, 6.45) is 4.00. The molecule has 4 heteroatoms. The number of ether oxygens (including phenoxy) is 2. The lowest BCUT2D eigenvalue weighted by Gasteiger charge is -2.24. The Bertz CT molecular complexity index is 166. The highest BCUT2D eigenvalue weighted by molar-refractivity contribution is 5.75. The van der Waals surface area contributed by atoms with Gasteiger partial charge >= 0.3 is 5.97 Å². The number of nitrogens with two attached hydrogens (primary N) is 1. The van der Waals surface area contributed by atoms with Crippen molar-refractivity contribution >= 4 is 5.97 Å². The first-order valence-electron chi connectivity index (χ1n) is 4.69. The maximum absolute atomic E-state index is 11.0. The van der Waals surface area contributed by atoms with Crippen molar-refractivity contribution in [3.63, 3.8) is 0 Å². The van der Waals surface area contributed by atoms with Crippen LogP contribution in [0.25, 0.3) is 0 Å². The third kappa shape index (κ3) is 3.32. The van der Waals surface area contributed by atoms with Crippen LogP contribution in [-0.4, -0.2) is 31.8 Å². The SMILES string of the molecule is COC(=O)[C@@H](N)C[C@@H]1CCCCO1. The fraction of sp³-hybridized carbons (Fsp3) is 0.889. The van der Waals surface area contributed by atoms with Crippen molar-refractivity contribution in [1.29, 1.82) is 0 Å². The van der Waals surface area contributed by atoms with Crippen LogP contribution in [0.5, 0.6) is 0 Å². The van der Waals surface area contributed by atoms with Crippen molar-refractivity contribution in [3.05, 3.63) is 0 Å². The molecule has 0 radical (unpaired) electrons. The van der Waals surface area contributed by atoms with Gasteiger partial charge in [-0.05, 0) is 25.7 Å². The Morgan fingerprint density at radius 3 is 3.00 bits per heavy atom. The first kappa shape index (κ1) is 10.5. The molecule has 0 amide bonds. The predicted molar refractivity (Wildman–Crippen MR) is 48.2 cm³/mol. The Hall–Kier alpha value is -0.610. The molecule has 0 unspecified atom stereocenters. The molecule has 1 aliphatic rings. The first-order chi connectivity index (χ1) is 6.24. The molecule has 1 heterocycles. The topological polar surface area (TPSA) is 61.5 Å². The summed E-state index contributed by atoms with van der Waals surface area (Å²) < 4.78 is 9.99. The zero-order valence-electron chi connectivity index (χ0n) is 7.99. The molecule has 0 aromatic carbocycles. The van der Waals surface area contributed by atoms with Gasteiger partial charge < -0.3 is 15.2 Å². The van der Waals surface area contributed by atoms with Crippen molar-refractivity contribution < 1.29 is 14.3 Å². The van der Waals surface area contributed by atoms with Crippen LogP contribution in [0, 0.1) is 0 Å². The molecule has 0 spiro atoms. The lowest BCUT2D eigenvalue weighted by atomic mass is 10.0. The first-order valence-corrected chi connectivity index (χ1v) is 4.69. The number of rotatable bonds is 3. The average molecular weight is 187 g/mol. The van der Waals surface area contributed by atoms with Crippen LogP contribution >= 0.6 is 0 Å². The van der Waals surface area contributed by atoms with Crippen LogP contribution in [-0.2, 0) is 14.3 Å². The van der Waals surface area contributed by atoms with Crippen molar-refractivity contribution in [1.82, 2.24) is 0 Å². The highest BCUT2D eigenvalue weighted by Crippen LogP contribution is 2.16. The van der Waals surface area contributed by atoms with E-state index in [0.29, 0.717) is 6.42 Å². The quantitative estimate of drug-likeness (QED) is 0.651. The number of esters is 1. The minimum Gasteiger partial charge on any atom is -0.468 e. The molecule has 2 atom stereocenters. The largest absolute Gasteiger partial charge is 0.468 e. The Labute approximate surface area is 78.4 Å². The monoisotopic (exact) mass is 187 g/mol. The highest BCUT2D eigenvalue weighted by Gasteiger charge is 2.21. The molecule has 0 saturated carbocycles. The summed E-state index contributed by atoms with van der Waals surface area (Å²) in [6, 6.07) is -0.534. The van der Waals surface area contributed by atoms with Gasteiger partial charge in [0.25, 0.3) is 0 Å². The van der Waals surface area contributed by atoms with Crippen LogP contribution in [0.2, 0.25) is 0 Å². The Kier molecular flexibility index (Phi) is 4.18. The van der Waals surface area contributed by atoms with E-state index in [0.717, 1.165) is 19.4 Å². The van der Waals surface area contributed by atoms with Crippen molar-refractivity contribution in [2.45, 2.75) is 37.8 Å². The lowest BCUT2D eigenvalue weighted by molar-refractivity contribution is -0.143. The maximum Gasteiger partial charge on any atom is 0.322 e. The molecule has 1 saturated heterocycles. The molecule has 1 fully saturated rings. The standard InChI is InChI=1S/C9H17NO3/c1-12-9(11)8(10)6-7-4-2-3-5-13-7/h7-8H,2-6,10H2,1H3/t7-,8-/m0/s1. The van der Waals surface area contributed by atoms with Crippen LogP contribution in [0.15, 0.2) is 0 Å². The summed E-state index contributed by atoms with van der Waals surface area (Å²) in [4.78, 5) is 11.0. The van der Waals surface area contributed by atoms with E-state index in [1.807, 2.05) is 0 Å². The van der Waals surface area contributed by atoms with Gasteiger partial charge in [0.05, 0.1) is 13.2 Å². The van der Waals surface area contributed by atoms with Gasteiger partial charge in [0.1, 0.15) is 6.04 Å². The zero-order valence-corrected chi connectivity index (χ0v) is 7.99. The van der Waals surface area contributed by atoms with Crippen molar-refractivity contribution in [2.75, 3.05) is 13.7 Å². The van der Waals surface area contributed by atoms with E-state index in [4.69, 9.17) is 10.5 Å². The molecule has 0 aromatic heterocycles. The van der Waals surface area contributed by atoms with E-state index >= 15 is 0 Å². The molecule has 13 heavy (non-hydrogen) atoms. The van der Waals surface area contributed by atoms with Gasteiger partial charge in [-0.1, -0.05) is 0 Å². The summed E-state index contributed by atoms with van der Waals surface area (Å²) in [5.74, 6) is -0.353. The number of hydrogen-bond acceptors (Lipinski definition) is 4. The minimum absolute atomic E-state index is 0.142. The number of carbonyl (C=O) groups excluding carboxylic acids is 1. The molecule has 1 rings (SSSR count). The number of hydrogen-bond donors (Lipinski definition) is 1. The van der Waals surface area contributed by atoms with E-state index in [-0.39, 0.29) is 12.1 Å². The summed E-state index contributed by atoms with van der Waals surface area (Å²) in [6.45, 7) is 0.790. The second-order valence-corrected chi connectivity index (χ2v) is 3.35. The highest BCUT2D eigenvalue weighted by atomic mass is 16.5. The van der Waals surface area contributed by atoms with E-state index < -0.39 is 6.04 Å². The Morgan fingerprint density at radius 1 is 1.69 bits per heavy atom. The molecule has 0 bridgehead atoms. The number of carbonyl (C=O) groups is 1. The van der Waals surface area contributed by atoms with Crippen LogP contribution in [0.3, 0.4) is 0 Å². The molecule has 1 aliphatic heterocycles. The van der Waals surface area contributed by atoms with E-state index in [1.165, 1.54) is 13.5 Å². The van der Waals surface area contributed by atoms with Gasteiger partial charge in [0, 0.05) is 6.61 Å². The predicted octanol–water partition coefficient (Wildman–Crippen LogP) is 0.446. The third-order valence-corrected chi connectivity index (χ3v) is 2.29. The third-order valence-electron chi connectivity index (χ3n) is 2.29. The fourth-order valence-electron chi connectivity index (χ4n) is 1.52. The lowest BCUT2D eigenvalue weighted by Crippen LogP contribution is -2.36. The van der Waals surface area contributed by atoms with Gasteiger partial charge in [-0.15, -0.1) is 0 Å². The second kappa shape index (κ2) is 5.19. The summed E-state index contributed by atoms with van der Waals surface area (Å²) in [5, 5.41) is 0. The second-order valence-electron chi connectivity index (χ2n) is 3.35. The van der Waals surface area contributed by atoms with Gasteiger partial charge in [-0.3, -0.25) is 4.79 Å².